The van der Waals surface area contributed by atoms with E-state index < -0.39 is 5.25 Å². The van der Waals surface area contributed by atoms with Crippen LogP contribution in [-0.2, 0) is 14.4 Å². The first-order valence-electron chi connectivity index (χ1n) is 9.96. The molecule has 0 aliphatic carbocycles. The molecule has 2 heterocycles. The first-order chi connectivity index (χ1) is 13.9. The summed E-state index contributed by atoms with van der Waals surface area (Å²) in [5.74, 6) is -0.0600. The van der Waals surface area contributed by atoms with E-state index in [2.05, 4.69) is 10.2 Å². The highest BCUT2D eigenvalue weighted by Crippen LogP contribution is 2.38. The second-order valence-corrected chi connectivity index (χ2v) is 8.84. The summed E-state index contributed by atoms with van der Waals surface area (Å²) in [6.45, 7) is 8.27. The minimum absolute atomic E-state index is 0.0233. The highest BCUT2D eigenvalue weighted by Gasteiger charge is 2.32. The molecule has 2 aliphatic rings. The summed E-state index contributed by atoms with van der Waals surface area (Å²) in [6, 6.07) is 5.37. The predicted octanol–water partition coefficient (Wildman–Crippen LogP) is 2.16. The van der Waals surface area contributed by atoms with E-state index in [0.29, 0.717) is 56.5 Å². The summed E-state index contributed by atoms with van der Waals surface area (Å²) >= 11 is 7.38. The standard InChI is InChI=1S/C20H27ClN4O3S/c1-3-24(4-2)19(27)13-23-7-9-25(10-8-23)18(26)12-17-20(28)22-15-11-14(21)5-6-16(15)29-17/h5-6,11,17H,3-4,7-10,12-13H2,1-2H3,(H,22,28). The van der Waals surface area contributed by atoms with Gasteiger partial charge < -0.3 is 15.1 Å². The molecule has 3 rings (SSSR count). The van der Waals surface area contributed by atoms with Crippen LogP contribution < -0.4 is 5.32 Å². The van der Waals surface area contributed by atoms with Crippen LogP contribution in [0.2, 0.25) is 5.02 Å². The van der Waals surface area contributed by atoms with E-state index >= 15 is 0 Å². The van der Waals surface area contributed by atoms with Crippen LogP contribution in [0.3, 0.4) is 0 Å². The number of nitrogens with one attached hydrogen (secondary N) is 1. The predicted molar refractivity (Wildman–Crippen MR) is 115 cm³/mol. The fourth-order valence-electron chi connectivity index (χ4n) is 3.57. The number of thioether (sulfide) groups is 1. The normalized spacial score (nSPS) is 19.5. The lowest BCUT2D eigenvalue weighted by molar-refractivity contribution is -0.135. The number of hydrogen-bond acceptors (Lipinski definition) is 5. The highest BCUT2D eigenvalue weighted by atomic mass is 35.5. The third-order valence-corrected chi connectivity index (χ3v) is 6.83. The Morgan fingerprint density at radius 1 is 1.21 bits per heavy atom. The zero-order valence-electron chi connectivity index (χ0n) is 16.8. The lowest BCUT2D eigenvalue weighted by Gasteiger charge is -2.36. The van der Waals surface area contributed by atoms with Gasteiger partial charge in [-0.15, -0.1) is 11.8 Å². The van der Waals surface area contributed by atoms with Crippen molar-refractivity contribution in [3.63, 3.8) is 0 Å². The minimum Gasteiger partial charge on any atom is -0.342 e. The molecule has 0 bridgehead atoms. The lowest BCUT2D eigenvalue weighted by Crippen LogP contribution is -2.52. The molecule has 7 nitrogen and oxygen atoms in total. The molecule has 0 radical (unpaired) electrons. The first kappa shape index (κ1) is 21.9. The maximum atomic E-state index is 12.7. The number of likely N-dealkylation sites (N-methyl/N-ethyl adjacent to an activating group) is 1. The van der Waals surface area contributed by atoms with Gasteiger partial charge in [-0.05, 0) is 32.0 Å². The Morgan fingerprint density at radius 2 is 1.90 bits per heavy atom. The average molecular weight is 439 g/mol. The Bertz CT molecular complexity index is 779. The largest absolute Gasteiger partial charge is 0.342 e. The number of carbonyl (C=O) groups is 3. The zero-order chi connectivity index (χ0) is 21.0. The molecule has 1 aromatic carbocycles. The van der Waals surface area contributed by atoms with Crippen molar-refractivity contribution in [1.82, 2.24) is 14.7 Å². The maximum Gasteiger partial charge on any atom is 0.238 e. The minimum atomic E-state index is -0.446. The third-order valence-electron chi connectivity index (χ3n) is 5.32. The van der Waals surface area contributed by atoms with Crippen LogP contribution in [0.5, 0.6) is 0 Å². The van der Waals surface area contributed by atoms with Crippen LogP contribution in [0.15, 0.2) is 23.1 Å². The Labute approximate surface area is 180 Å². The SMILES string of the molecule is CCN(CC)C(=O)CN1CCN(C(=O)CC2Sc3ccc(Cl)cc3NC2=O)CC1. The van der Waals surface area contributed by atoms with Crippen molar-refractivity contribution in [3.8, 4) is 0 Å². The van der Waals surface area contributed by atoms with Crippen molar-refractivity contribution >= 4 is 46.8 Å². The molecule has 9 heteroatoms. The van der Waals surface area contributed by atoms with E-state index in [1.54, 1.807) is 17.0 Å². The number of amides is 3. The van der Waals surface area contributed by atoms with Crippen LogP contribution in [0.4, 0.5) is 5.69 Å². The molecule has 1 atom stereocenters. The van der Waals surface area contributed by atoms with Crippen LogP contribution in [0, 0.1) is 0 Å². The van der Waals surface area contributed by atoms with Crippen LogP contribution >= 0.6 is 23.4 Å². The highest BCUT2D eigenvalue weighted by molar-refractivity contribution is 8.01. The number of nitrogens with zero attached hydrogens (tertiary/aromatic N) is 3. The smallest absolute Gasteiger partial charge is 0.238 e. The molecule has 0 spiro atoms. The Morgan fingerprint density at radius 3 is 2.55 bits per heavy atom. The Kier molecular flexibility index (Phi) is 7.43. The van der Waals surface area contributed by atoms with Crippen molar-refractivity contribution < 1.29 is 14.4 Å². The van der Waals surface area contributed by atoms with Gasteiger partial charge in [0.05, 0.1) is 17.5 Å². The van der Waals surface area contributed by atoms with Crippen molar-refractivity contribution in [2.75, 3.05) is 51.1 Å². The van der Waals surface area contributed by atoms with E-state index in [1.807, 2.05) is 24.8 Å². The van der Waals surface area contributed by atoms with Gasteiger partial charge in [0.1, 0.15) is 0 Å². The second kappa shape index (κ2) is 9.82. The lowest BCUT2D eigenvalue weighted by atomic mass is 10.2. The van der Waals surface area contributed by atoms with E-state index in [1.165, 1.54) is 11.8 Å². The third kappa shape index (κ3) is 5.43. The molecule has 0 aromatic heterocycles. The number of benzene rings is 1. The van der Waals surface area contributed by atoms with E-state index in [0.717, 1.165) is 4.90 Å². The van der Waals surface area contributed by atoms with Gasteiger partial charge in [0.25, 0.3) is 0 Å². The summed E-state index contributed by atoms with van der Waals surface area (Å²) in [4.78, 5) is 44.0. The fourth-order valence-corrected chi connectivity index (χ4v) is 4.82. The molecule has 1 fully saturated rings. The average Bonchev–Trinajstić information content (AvgIpc) is 2.70. The van der Waals surface area contributed by atoms with E-state index in [-0.39, 0.29) is 24.1 Å². The number of hydrogen-bond donors (Lipinski definition) is 1. The first-order valence-corrected chi connectivity index (χ1v) is 11.2. The van der Waals surface area contributed by atoms with Gasteiger partial charge in [-0.1, -0.05) is 11.6 Å². The molecular weight excluding hydrogens is 412 g/mol. The molecule has 29 heavy (non-hydrogen) atoms. The molecule has 1 unspecified atom stereocenters. The molecule has 1 saturated heterocycles. The van der Waals surface area contributed by atoms with E-state index in [4.69, 9.17) is 11.6 Å². The number of rotatable bonds is 6. The van der Waals surface area contributed by atoms with Crippen molar-refractivity contribution in [2.24, 2.45) is 0 Å². The van der Waals surface area contributed by atoms with Gasteiger partial charge in [0, 0.05) is 55.6 Å². The Hall–Kier alpha value is -1.77. The Balaban J connectivity index is 1.49. The molecule has 3 amide bonds. The van der Waals surface area contributed by atoms with Crippen LogP contribution in [0.1, 0.15) is 20.3 Å². The second-order valence-electron chi connectivity index (χ2n) is 7.16. The van der Waals surface area contributed by atoms with Gasteiger partial charge in [0.2, 0.25) is 17.7 Å². The molecule has 0 saturated carbocycles. The van der Waals surface area contributed by atoms with Gasteiger partial charge in [-0.25, -0.2) is 0 Å². The number of carbonyl (C=O) groups excluding carboxylic acids is 3. The fraction of sp³-hybridized carbons (Fsp3) is 0.550. The quantitative estimate of drug-likeness (QED) is 0.736. The maximum absolute atomic E-state index is 12.7. The molecular formula is C20H27ClN4O3S. The van der Waals surface area contributed by atoms with Gasteiger partial charge in [-0.2, -0.15) is 0 Å². The zero-order valence-corrected chi connectivity index (χ0v) is 18.4. The summed E-state index contributed by atoms with van der Waals surface area (Å²) in [5.41, 5.74) is 0.697. The summed E-state index contributed by atoms with van der Waals surface area (Å²) in [6.07, 6.45) is 0.164. The molecule has 1 N–H and O–H groups in total. The number of anilines is 1. The van der Waals surface area contributed by atoms with Crippen LogP contribution in [-0.4, -0.2) is 83.5 Å². The summed E-state index contributed by atoms with van der Waals surface area (Å²) in [7, 11) is 0. The number of fused-ring (bicyclic) bond motifs is 1. The van der Waals surface area contributed by atoms with Crippen molar-refractivity contribution in [2.45, 2.75) is 30.4 Å². The molecule has 2 aliphatic heterocycles. The number of halogens is 1. The summed E-state index contributed by atoms with van der Waals surface area (Å²) in [5, 5.41) is 2.96. The van der Waals surface area contributed by atoms with Crippen molar-refractivity contribution in [3.05, 3.63) is 23.2 Å². The summed E-state index contributed by atoms with van der Waals surface area (Å²) < 4.78 is 0. The van der Waals surface area contributed by atoms with Gasteiger partial charge >= 0.3 is 0 Å². The van der Waals surface area contributed by atoms with Gasteiger partial charge in [0.15, 0.2) is 0 Å². The van der Waals surface area contributed by atoms with Crippen molar-refractivity contribution in [1.29, 1.82) is 0 Å². The molecule has 158 valence electrons. The van der Waals surface area contributed by atoms with Gasteiger partial charge in [-0.3, -0.25) is 19.3 Å². The topological polar surface area (TPSA) is 73.0 Å². The van der Waals surface area contributed by atoms with Crippen LogP contribution in [0.25, 0.3) is 0 Å². The molecule has 1 aromatic rings. The monoisotopic (exact) mass is 438 g/mol. The number of piperazine rings is 1. The van der Waals surface area contributed by atoms with E-state index in [9.17, 15) is 14.4 Å².